The van der Waals surface area contributed by atoms with E-state index in [1.807, 2.05) is 0 Å². The van der Waals surface area contributed by atoms with Crippen molar-refractivity contribution < 1.29 is 12.8 Å². The molecule has 0 fully saturated rings. The van der Waals surface area contributed by atoms with Gasteiger partial charge in [-0.1, -0.05) is 59.1 Å². The molecule has 1 N–H and O–H groups in total. The van der Waals surface area contributed by atoms with E-state index in [1.54, 1.807) is 36.4 Å². The molecule has 0 amide bonds. The zero-order chi connectivity index (χ0) is 24.5. The van der Waals surface area contributed by atoms with Crippen LogP contribution in [-0.4, -0.2) is 18.2 Å². The molecule has 0 aliphatic heterocycles. The van der Waals surface area contributed by atoms with Gasteiger partial charge in [0, 0.05) is 15.6 Å². The molecule has 1 aromatic heterocycles. The molecule has 0 bridgehead atoms. The van der Waals surface area contributed by atoms with E-state index in [0.29, 0.717) is 27.0 Å². The van der Waals surface area contributed by atoms with Crippen LogP contribution in [0.3, 0.4) is 0 Å². The summed E-state index contributed by atoms with van der Waals surface area (Å²) in [5.74, 6) is -0.893. The van der Waals surface area contributed by atoms with Crippen LogP contribution in [0, 0.1) is 17.1 Å². The van der Waals surface area contributed by atoms with Gasteiger partial charge < -0.3 is 0 Å². The third-order valence-electron chi connectivity index (χ3n) is 4.88. The van der Waals surface area contributed by atoms with Crippen LogP contribution in [0.4, 0.5) is 4.39 Å². The Bertz CT molecular complexity index is 1530. The molecular weight excluding hydrogens is 522 g/mol. The van der Waals surface area contributed by atoms with E-state index < -0.39 is 20.7 Å². The van der Waals surface area contributed by atoms with E-state index in [1.165, 1.54) is 22.9 Å². The molecule has 0 spiro atoms. The molecule has 0 saturated carbocycles. The van der Waals surface area contributed by atoms with E-state index >= 15 is 0 Å². The number of nitriles is 1. The van der Waals surface area contributed by atoms with Crippen molar-refractivity contribution in [2.24, 2.45) is 0 Å². The molecule has 3 aromatic carbocycles. The van der Waals surface area contributed by atoms with Gasteiger partial charge >= 0.3 is 0 Å². The number of aromatic nitrogens is 2. The zero-order valence-corrected chi connectivity index (χ0v) is 20.2. The minimum Gasteiger partial charge on any atom is -0.230 e. The smallest absolute Gasteiger partial charge is 0.230 e. The van der Waals surface area contributed by atoms with Gasteiger partial charge in [0.2, 0.25) is 10.0 Å². The van der Waals surface area contributed by atoms with E-state index in [0.717, 1.165) is 12.1 Å². The minimum absolute atomic E-state index is 0.115. The zero-order valence-electron chi connectivity index (χ0n) is 17.1. The summed E-state index contributed by atoms with van der Waals surface area (Å²) in [6.45, 7) is -0.363. The first kappa shape index (κ1) is 24.2. The highest BCUT2D eigenvalue weighted by atomic mass is 35.5. The summed E-state index contributed by atoms with van der Waals surface area (Å²) in [6.07, 6.45) is 0. The number of hydrogen-bond acceptors (Lipinski definition) is 4. The molecule has 172 valence electrons. The maximum Gasteiger partial charge on any atom is 0.243 e. The van der Waals surface area contributed by atoms with Crippen LogP contribution in [0.1, 0.15) is 11.3 Å². The first-order chi connectivity index (χ1) is 16.2. The molecule has 34 heavy (non-hydrogen) atoms. The molecule has 0 atom stereocenters. The van der Waals surface area contributed by atoms with Gasteiger partial charge in [-0.3, -0.25) is 0 Å². The quantitative estimate of drug-likeness (QED) is 0.329. The number of benzene rings is 3. The van der Waals surface area contributed by atoms with Crippen molar-refractivity contribution in [1.29, 1.82) is 5.26 Å². The van der Waals surface area contributed by atoms with Gasteiger partial charge in [-0.25, -0.2) is 22.2 Å². The summed E-state index contributed by atoms with van der Waals surface area (Å²) >= 11 is 18.4. The highest BCUT2D eigenvalue weighted by Gasteiger charge is 2.24. The van der Waals surface area contributed by atoms with Crippen LogP contribution in [-0.2, 0) is 16.6 Å². The van der Waals surface area contributed by atoms with Crippen molar-refractivity contribution in [2.75, 3.05) is 0 Å². The van der Waals surface area contributed by atoms with Crippen molar-refractivity contribution in [1.82, 2.24) is 14.5 Å². The third-order valence-corrected chi connectivity index (χ3v) is 7.11. The lowest BCUT2D eigenvalue weighted by Gasteiger charge is -2.10. The number of halogens is 4. The van der Waals surface area contributed by atoms with Crippen molar-refractivity contribution in [3.05, 3.63) is 98.9 Å². The Morgan fingerprint density at radius 3 is 2.32 bits per heavy atom. The van der Waals surface area contributed by atoms with Crippen molar-refractivity contribution >= 4 is 44.8 Å². The monoisotopic (exact) mass is 534 g/mol. The maximum absolute atomic E-state index is 14.0. The average molecular weight is 536 g/mol. The van der Waals surface area contributed by atoms with Gasteiger partial charge in [0.25, 0.3) is 0 Å². The highest BCUT2D eigenvalue weighted by molar-refractivity contribution is 7.89. The number of nitrogens with one attached hydrogen (secondary N) is 1. The predicted octanol–water partition coefficient (Wildman–Crippen LogP) is 5.99. The predicted molar refractivity (Wildman–Crippen MR) is 129 cm³/mol. The molecule has 4 rings (SSSR count). The lowest BCUT2D eigenvalue weighted by atomic mass is 10.1. The summed E-state index contributed by atoms with van der Waals surface area (Å²) in [5.41, 5.74) is 1.64. The summed E-state index contributed by atoms with van der Waals surface area (Å²) in [7, 11) is -4.21. The second kappa shape index (κ2) is 9.74. The van der Waals surface area contributed by atoms with E-state index in [2.05, 4.69) is 15.9 Å². The summed E-state index contributed by atoms with van der Waals surface area (Å²) < 4.78 is 43.1. The number of hydrogen-bond donors (Lipinski definition) is 1. The van der Waals surface area contributed by atoms with Crippen molar-refractivity contribution in [3.8, 4) is 23.0 Å². The van der Waals surface area contributed by atoms with Gasteiger partial charge in [0.1, 0.15) is 22.3 Å². The molecule has 0 unspecified atom stereocenters. The Morgan fingerprint density at radius 1 is 1.00 bits per heavy atom. The Balaban J connectivity index is 1.83. The molecule has 0 radical (unpaired) electrons. The van der Waals surface area contributed by atoms with Crippen molar-refractivity contribution in [2.45, 2.75) is 11.4 Å². The van der Waals surface area contributed by atoms with E-state index in [4.69, 9.17) is 34.8 Å². The normalized spacial score (nSPS) is 11.4. The number of nitrogens with zero attached hydrogens (tertiary/aromatic N) is 3. The molecule has 4 aromatic rings. The fourth-order valence-electron chi connectivity index (χ4n) is 3.31. The van der Waals surface area contributed by atoms with Gasteiger partial charge in [0.05, 0.1) is 28.6 Å². The van der Waals surface area contributed by atoms with Crippen LogP contribution < -0.4 is 4.72 Å². The number of sulfonamides is 1. The van der Waals surface area contributed by atoms with Gasteiger partial charge in [-0.2, -0.15) is 10.4 Å². The van der Waals surface area contributed by atoms with Crippen LogP contribution in [0.25, 0.3) is 16.9 Å². The fraction of sp³-hybridized carbons (Fsp3) is 0.0435. The highest BCUT2D eigenvalue weighted by Crippen LogP contribution is 2.33. The van der Waals surface area contributed by atoms with Crippen molar-refractivity contribution in [3.63, 3.8) is 0 Å². The molecule has 1 heterocycles. The maximum atomic E-state index is 14.0. The Labute approximate surface area is 210 Å². The van der Waals surface area contributed by atoms with E-state index in [9.17, 15) is 18.1 Å². The van der Waals surface area contributed by atoms with Crippen LogP contribution >= 0.6 is 34.8 Å². The Kier molecular flexibility index (Phi) is 6.94. The van der Waals surface area contributed by atoms with Gasteiger partial charge in [0.15, 0.2) is 0 Å². The number of rotatable bonds is 6. The minimum atomic E-state index is -4.21. The fourth-order valence-corrected chi connectivity index (χ4v) is 4.99. The van der Waals surface area contributed by atoms with Crippen LogP contribution in [0.2, 0.25) is 15.1 Å². The molecular formula is C23H14Cl3FN4O2S. The lowest BCUT2D eigenvalue weighted by molar-refractivity contribution is 0.556. The molecule has 6 nitrogen and oxygen atoms in total. The Morgan fingerprint density at radius 2 is 1.68 bits per heavy atom. The average Bonchev–Trinajstić information content (AvgIpc) is 3.16. The van der Waals surface area contributed by atoms with Crippen LogP contribution in [0.5, 0.6) is 0 Å². The third kappa shape index (κ3) is 4.80. The molecule has 0 aliphatic rings. The molecule has 0 saturated heterocycles. The topological polar surface area (TPSA) is 87.8 Å². The SMILES string of the molecule is N#Cc1c(CNS(=O)(=O)c2ccccc2F)nn(-c2ccc(Cl)cc2Cl)c1-c1ccc(Cl)cc1. The Hall–Kier alpha value is -2.93. The van der Waals surface area contributed by atoms with Crippen LogP contribution in [0.15, 0.2) is 71.6 Å². The summed E-state index contributed by atoms with van der Waals surface area (Å²) in [4.78, 5) is -0.508. The summed E-state index contributed by atoms with van der Waals surface area (Å²) in [5, 5.41) is 15.6. The largest absolute Gasteiger partial charge is 0.243 e. The van der Waals surface area contributed by atoms with Gasteiger partial charge in [-0.05, 0) is 42.5 Å². The standard InChI is InChI=1S/C23H14Cl3FN4O2S/c24-15-7-5-14(6-8-15)23-17(12-28)20(30-31(23)21-10-9-16(25)11-18(21)26)13-29-34(32,33)22-4-2-1-3-19(22)27/h1-11,29H,13H2. The second-order valence-electron chi connectivity index (χ2n) is 7.05. The molecule has 11 heteroatoms. The first-order valence-electron chi connectivity index (χ1n) is 9.69. The van der Waals surface area contributed by atoms with E-state index in [-0.39, 0.29) is 22.8 Å². The second-order valence-corrected chi connectivity index (χ2v) is 10.1. The molecule has 0 aliphatic carbocycles. The first-order valence-corrected chi connectivity index (χ1v) is 12.3. The van der Waals surface area contributed by atoms with Gasteiger partial charge in [-0.15, -0.1) is 0 Å². The lowest BCUT2D eigenvalue weighted by Crippen LogP contribution is -2.24. The summed E-state index contributed by atoms with van der Waals surface area (Å²) in [6, 6.07) is 18.6.